The Labute approximate surface area is 161 Å². The fourth-order valence-electron chi connectivity index (χ4n) is 3.13. The Hall–Kier alpha value is -2.45. The third kappa shape index (κ3) is 3.71. The van der Waals surface area contributed by atoms with Crippen LogP contribution in [0.5, 0.6) is 0 Å². The van der Waals surface area contributed by atoms with Gasteiger partial charge in [-0.25, -0.2) is 0 Å². The van der Waals surface area contributed by atoms with Crippen LogP contribution in [0.15, 0.2) is 72.8 Å². The van der Waals surface area contributed by atoms with E-state index in [2.05, 4.69) is 75.4 Å². The Bertz CT molecular complexity index is 917. The van der Waals surface area contributed by atoms with Crippen molar-refractivity contribution in [2.45, 2.75) is 26.2 Å². The van der Waals surface area contributed by atoms with Crippen molar-refractivity contribution < 1.29 is 4.74 Å². The predicted octanol–water partition coefficient (Wildman–Crippen LogP) is 6.64. The van der Waals surface area contributed by atoms with Gasteiger partial charge in [0, 0.05) is 5.56 Å². The van der Waals surface area contributed by atoms with Crippen molar-refractivity contribution in [2.24, 2.45) is 0 Å². The minimum absolute atomic E-state index is 0.148. The molecule has 3 aromatic carbocycles. The second-order valence-corrected chi connectivity index (χ2v) is 7.78. The lowest BCUT2D eigenvalue weighted by Gasteiger charge is -2.20. The van der Waals surface area contributed by atoms with Gasteiger partial charge in [-0.05, 0) is 51.5 Å². The maximum absolute atomic E-state index is 5.41. The van der Waals surface area contributed by atoms with Gasteiger partial charge in [0.15, 0.2) is 5.05 Å². The highest BCUT2D eigenvalue weighted by atomic mass is 32.1. The maximum atomic E-state index is 5.41. The molecule has 1 nitrogen and oxygen atoms in total. The Morgan fingerprint density at radius 2 is 1.27 bits per heavy atom. The first-order chi connectivity index (χ1) is 12.4. The van der Waals surface area contributed by atoms with Crippen LogP contribution in [-0.4, -0.2) is 12.2 Å². The molecule has 132 valence electrons. The van der Waals surface area contributed by atoms with E-state index in [-0.39, 0.29) is 5.41 Å². The summed E-state index contributed by atoms with van der Waals surface area (Å²) in [4.78, 5) is 0. The average molecular weight is 361 g/mol. The molecular formula is C24H24OS. The van der Waals surface area contributed by atoms with Crippen molar-refractivity contribution >= 4 is 17.3 Å². The van der Waals surface area contributed by atoms with Gasteiger partial charge in [-0.15, -0.1) is 0 Å². The van der Waals surface area contributed by atoms with Crippen LogP contribution < -0.4 is 0 Å². The summed E-state index contributed by atoms with van der Waals surface area (Å²) in [5.41, 5.74) is 7.07. The molecule has 0 aliphatic carbocycles. The van der Waals surface area contributed by atoms with Crippen LogP contribution in [0.1, 0.15) is 31.9 Å². The van der Waals surface area contributed by atoms with Crippen LogP contribution in [-0.2, 0) is 10.2 Å². The fourth-order valence-corrected chi connectivity index (χ4v) is 3.30. The number of ether oxygens (including phenoxy) is 1. The van der Waals surface area contributed by atoms with Crippen molar-refractivity contribution in [1.29, 1.82) is 0 Å². The Morgan fingerprint density at radius 1 is 0.731 bits per heavy atom. The fraction of sp³-hybridized carbons (Fsp3) is 0.208. The molecule has 3 rings (SSSR count). The highest BCUT2D eigenvalue weighted by Crippen LogP contribution is 2.35. The number of benzene rings is 3. The van der Waals surface area contributed by atoms with Gasteiger partial charge in [-0.1, -0.05) is 87.5 Å². The number of hydrogen-bond acceptors (Lipinski definition) is 2. The minimum Gasteiger partial charge on any atom is -0.486 e. The summed E-state index contributed by atoms with van der Waals surface area (Å²) in [6.07, 6.45) is 0. The van der Waals surface area contributed by atoms with Crippen LogP contribution in [0.3, 0.4) is 0 Å². The number of rotatable bonds is 3. The van der Waals surface area contributed by atoms with E-state index >= 15 is 0 Å². The monoisotopic (exact) mass is 360 g/mol. The highest BCUT2D eigenvalue weighted by molar-refractivity contribution is 7.80. The summed E-state index contributed by atoms with van der Waals surface area (Å²) in [6.45, 7) is 6.70. The van der Waals surface area contributed by atoms with Crippen molar-refractivity contribution in [3.05, 3.63) is 83.9 Å². The van der Waals surface area contributed by atoms with Gasteiger partial charge in [0.1, 0.15) is 0 Å². The lowest BCUT2D eigenvalue weighted by molar-refractivity contribution is 0.416. The third-order valence-corrected chi connectivity index (χ3v) is 5.00. The molecule has 0 N–H and O–H groups in total. The van der Waals surface area contributed by atoms with Gasteiger partial charge < -0.3 is 4.74 Å². The van der Waals surface area contributed by atoms with E-state index in [9.17, 15) is 0 Å². The molecule has 0 saturated carbocycles. The molecule has 0 atom stereocenters. The summed E-state index contributed by atoms with van der Waals surface area (Å²) >= 11 is 5.41. The van der Waals surface area contributed by atoms with Crippen LogP contribution >= 0.6 is 12.2 Å². The van der Waals surface area contributed by atoms with Crippen molar-refractivity contribution in [1.82, 2.24) is 0 Å². The zero-order valence-electron chi connectivity index (χ0n) is 15.7. The molecule has 3 aromatic rings. The summed E-state index contributed by atoms with van der Waals surface area (Å²) in [6, 6.07) is 25.4. The van der Waals surface area contributed by atoms with Gasteiger partial charge in [0.2, 0.25) is 0 Å². The zero-order valence-corrected chi connectivity index (χ0v) is 16.6. The van der Waals surface area contributed by atoms with Gasteiger partial charge in [0.25, 0.3) is 0 Å². The second kappa shape index (κ2) is 7.43. The summed E-state index contributed by atoms with van der Waals surface area (Å²) < 4.78 is 5.33. The van der Waals surface area contributed by atoms with E-state index in [0.29, 0.717) is 5.05 Å². The molecule has 0 radical (unpaired) electrons. The van der Waals surface area contributed by atoms with Gasteiger partial charge in [0.05, 0.1) is 7.11 Å². The smallest absolute Gasteiger partial charge is 0.191 e. The van der Waals surface area contributed by atoms with Gasteiger partial charge in [-0.2, -0.15) is 0 Å². The molecule has 0 heterocycles. The molecular weight excluding hydrogens is 336 g/mol. The zero-order chi connectivity index (χ0) is 18.7. The molecule has 0 spiro atoms. The number of methoxy groups -OCH3 is 1. The van der Waals surface area contributed by atoms with Crippen LogP contribution in [0, 0.1) is 0 Å². The standard InChI is InChI=1S/C24H24OS/c1-24(2,3)18-15-13-17(14-16-18)19-9-5-6-10-20(19)21-11-7-8-12-22(21)23(26)25-4/h5-16H,1-4H3. The van der Waals surface area contributed by atoms with Crippen LogP contribution in [0.25, 0.3) is 22.3 Å². The van der Waals surface area contributed by atoms with Crippen LogP contribution in [0.4, 0.5) is 0 Å². The average Bonchev–Trinajstić information content (AvgIpc) is 2.67. The molecule has 0 amide bonds. The third-order valence-electron chi connectivity index (χ3n) is 4.61. The lowest BCUT2D eigenvalue weighted by Crippen LogP contribution is -2.10. The molecule has 26 heavy (non-hydrogen) atoms. The summed E-state index contributed by atoms with van der Waals surface area (Å²) in [7, 11) is 1.62. The van der Waals surface area contributed by atoms with E-state index in [1.165, 1.54) is 16.7 Å². The molecule has 0 bridgehead atoms. The summed E-state index contributed by atoms with van der Waals surface area (Å²) in [5, 5.41) is 0.512. The molecule has 0 aromatic heterocycles. The predicted molar refractivity (Wildman–Crippen MR) is 115 cm³/mol. The molecule has 0 aliphatic rings. The lowest BCUT2D eigenvalue weighted by atomic mass is 9.85. The Morgan fingerprint density at radius 3 is 1.85 bits per heavy atom. The first-order valence-corrected chi connectivity index (χ1v) is 9.20. The van der Waals surface area contributed by atoms with E-state index in [0.717, 1.165) is 16.7 Å². The second-order valence-electron chi connectivity index (χ2n) is 7.41. The van der Waals surface area contributed by atoms with Crippen molar-refractivity contribution in [3.63, 3.8) is 0 Å². The first kappa shape index (κ1) is 18.3. The Balaban J connectivity index is 2.13. The normalized spacial score (nSPS) is 11.2. The minimum atomic E-state index is 0.148. The van der Waals surface area contributed by atoms with Gasteiger partial charge in [-0.3, -0.25) is 0 Å². The molecule has 0 unspecified atom stereocenters. The van der Waals surface area contributed by atoms with Crippen molar-refractivity contribution in [3.8, 4) is 22.3 Å². The first-order valence-electron chi connectivity index (χ1n) is 8.79. The maximum Gasteiger partial charge on any atom is 0.191 e. The molecule has 0 saturated heterocycles. The van der Waals surface area contributed by atoms with E-state index in [1.807, 2.05) is 18.2 Å². The molecule has 2 heteroatoms. The molecule has 0 aliphatic heterocycles. The van der Waals surface area contributed by atoms with Crippen molar-refractivity contribution in [2.75, 3.05) is 7.11 Å². The van der Waals surface area contributed by atoms with Crippen LogP contribution in [0.2, 0.25) is 0 Å². The SMILES string of the molecule is COC(=S)c1ccccc1-c1ccccc1-c1ccc(C(C)(C)C)cc1. The van der Waals surface area contributed by atoms with E-state index in [1.54, 1.807) is 7.11 Å². The van der Waals surface area contributed by atoms with Gasteiger partial charge >= 0.3 is 0 Å². The van der Waals surface area contributed by atoms with E-state index < -0.39 is 0 Å². The topological polar surface area (TPSA) is 9.23 Å². The number of hydrogen-bond donors (Lipinski definition) is 0. The van der Waals surface area contributed by atoms with E-state index in [4.69, 9.17) is 17.0 Å². The quantitative estimate of drug-likeness (QED) is 0.484. The summed E-state index contributed by atoms with van der Waals surface area (Å²) in [5.74, 6) is 0. The molecule has 0 fully saturated rings. The Kier molecular flexibility index (Phi) is 5.24. The highest BCUT2D eigenvalue weighted by Gasteiger charge is 2.16. The largest absolute Gasteiger partial charge is 0.486 e. The number of thiocarbonyl (C=S) groups is 1.